The first-order valence-corrected chi connectivity index (χ1v) is 7.64. The number of anilines is 2. The lowest BCUT2D eigenvalue weighted by molar-refractivity contribution is -0.119. The molecule has 3 N–H and O–H groups in total. The van der Waals surface area contributed by atoms with Crippen LogP contribution in [-0.2, 0) is 4.79 Å². The molecule has 1 amide bonds. The van der Waals surface area contributed by atoms with Crippen LogP contribution in [0.15, 0.2) is 24.3 Å². The van der Waals surface area contributed by atoms with E-state index in [-0.39, 0.29) is 42.7 Å². The number of halogens is 2. The molecule has 22 heavy (non-hydrogen) atoms. The maximum Gasteiger partial charge on any atom is 0.227 e. The fourth-order valence-corrected chi connectivity index (χ4v) is 3.30. The van der Waals surface area contributed by atoms with Crippen molar-refractivity contribution in [1.29, 1.82) is 0 Å². The lowest BCUT2D eigenvalue weighted by Gasteiger charge is -2.22. The largest absolute Gasteiger partial charge is 0.370 e. The van der Waals surface area contributed by atoms with Crippen LogP contribution in [0.5, 0.6) is 0 Å². The molecule has 6 heteroatoms. The summed E-state index contributed by atoms with van der Waals surface area (Å²) in [6.07, 6.45) is 5.17. The number of nitrogens with one attached hydrogen (secondary N) is 1. The zero-order valence-corrected chi connectivity index (χ0v) is 14.3. The SMILES string of the molecule is Cl.Cl.NC1CCC(C(=O)Nc2ccccc2N2CCCC2)C1. The van der Waals surface area contributed by atoms with Crippen LogP contribution in [0.4, 0.5) is 11.4 Å². The van der Waals surface area contributed by atoms with E-state index >= 15 is 0 Å². The number of hydrogen-bond donors (Lipinski definition) is 2. The molecule has 1 aromatic rings. The highest BCUT2D eigenvalue weighted by Crippen LogP contribution is 2.31. The molecule has 1 aliphatic carbocycles. The number of nitrogens with zero attached hydrogens (tertiary/aromatic N) is 1. The van der Waals surface area contributed by atoms with Gasteiger partial charge in [-0.3, -0.25) is 4.79 Å². The fourth-order valence-electron chi connectivity index (χ4n) is 3.30. The van der Waals surface area contributed by atoms with Crippen molar-refractivity contribution in [1.82, 2.24) is 0 Å². The summed E-state index contributed by atoms with van der Waals surface area (Å²) in [5.74, 6) is 0.209. The Morgan fingerprint density at radius 2 is 1.82 bits per heavy atom. The maximum atomic E-state index is 12.3. The van der Waals surface area contributed by atoms with Gasteiger partial charge < -0.3 is 16.0 Å². The van der Waals surface area contributed by atoms with Crippen molar-refractivity contribution in [3.05, 3.63) is 24.3 Å². The Hall–Kier alpha value is -0.970. The van der Waals surface area contributed by atoms with Gasteiger partial charge in [0.2, 0.25) is 5.91 Å². The second kappa shape index (κ2) is 8.61. The molecule has 2 fully saturated rings. The van der Waals surface area contributed by atoms with E-state index in [2.05, 4.69) is 16.3 Å². The van der Waals surface area contributed by atoms with Crippen LogP contribution in [-0.4, -0.2) is 25.0 Å². The Balaban J connectivity index is 0.00000121. The summed E-state index contributed by atoms with van der Waals surface area (Å²) in [6.45, 7) is 2.17. The van der Waals surface area contributed by atoms with E-state index in [1.807, 2.05) is 18.2 Å². The van der Waals surface area contributed by atoms with E-state index in [0.29, 0.717) is 0 Å². The van der Waals surface area contributed by atoms with Gasteiger partial charge in [0.15, 0.2) is 0 Å². The van der Waals surface area contributed by atoms with Gasteiger partial charge in [-0.15, -0.1) is 24.8 Å². The van der Waals surface area contributed by atoms with E-state index in [1.165, 1.54) is 12.8 Å². The number of carbonyl (C=O) groups excluding carboxylic acids is 1. The fraction of sp³-hybridized carbons (Fsp3) is 0.562. The Labute approximate surface area is 144 Å². The van der Waals surface area contributed by atoms with E-state index in [4.69, 9.17) is 5.73 Å². The minimum absolute atomic E-state index is 0. The van der Waals surface area contributed by atoms with Gasteiger partial charge in [-0.2, -0.15) is 0 Å². The average molecular weight is 346 g/mol. The second-order valence-corrected chi connectivity index (χ2v) is 5.97. The van der Waals surface area contributed by atoms with Crippen LogP contribution < -0.4 is 16.0 Å². The minimum Gasteiger partial charge on any atom is -0.370 e. The minimum atomic E-state index is 0. The summed E-state index contributed by atoms with van der Waals surface area (Å²) in [5, 5.41) is 3.11. The van der Waals surface area contributed by atoms with Gasteiger partial charge in [0.1, 0.15) is 0 Å². The predicted octanol–water partition coefficient (Wildman–Crippen LogP) is 3.20. The van der Waals surface area contributed by atoms with Crippen molar-refractivity contribution in [2.75, 3.05) is 23.3 Å². The Bertz CT molecular complexity index is 492. The van der Waals surface area contributed by atoms with Crippen molar-refractivity contribution >= 4 is 42.1 Å². The van der Waals surface area contributed by atoms with E-state index < -0.39 is 0 Å². The van der Waals surface area contributed by atoms with E-state index in [0.717, 1.165) is 43.7 Å². The first-order valence-electron chi connectivity index (χ1n) is 7.64. The van der Waals surface area contributed by atoms with Crippen LogP contribution >= 0.6 is 24.8 Å². The normalized spacial score (nSPS) is 23.6. The van der Waals surface area contributed by atoms with Gasteiger partial charge in [-0.25, -0.2) is 0 Å². The maximum absolute atomic E-state index is 12.3. The van der Waals surface area contributed by atoms with Gasteiger partial charge in [0, 0.05) is 25.0 Å². The molecule has 4 nitrogen and oxygen atoms in total. The molecule has 1 saturated carbocycles. The zero-order chi connectivity index (χ0) is 13.9. The van der Waals surface area contributed by atoms with Crippen LogP contribution in [0.2, 0.25) is 0 Å². The van der Waals surface area contributed by atoms with Gasteiger partial charge >= 0.3 is 0 Å². The molecule has 0 bridgehead atoms. The summed E-state index contributed by atoms with van der Waals surface area (Å²) in [7, 11) is 0. The Morgan fingerprint density at radius 3 is 2.45 bits per heavy atom. The first kappa shape index (κ1) is 19.1. The molecule has 124 valence electrons. The van der Waals surface area contributed by atoms with Crippen LogP contribution in [0.25, 0.3) is 0 Å². The molecular weight excluding hydrogens is 321 g/mol. The molecule has 2 unspecified atom stereocenters. The zero-order valence-electron chi connectivity index (χ0n) is 12.7. The van der Waals surface area contributed by atoms with Gasteiger partial charge in [-0.1, -0.05) is 12.1 Å². The molecule has 1 aliphatic heterocycles. The van der Waals surface area contributed by atoms with Gasteiger partial charge in [0.05, 0.1) is 11.4 Å². The van der Waals surface area contributed by atoms with Gasteiger partial charge in [-0.05, 0) is 44.2 Å². The second-order valence-electron chi connectivity index (χ2n) is 5.97. The number of rotatable bonds is 3. The third kappa shape index (κ3) is 4.28. The standard InChI is InChI=1S/C16H23N3O.2ClH/c17-13-8-7-12(11-13)16(20)18-14-5-1-2-6-15(14)19-9-3-4-10-19;;/h1-2,5-6,12-13H,3-4,7-11,17H2,(H,18,20);2*1H. The number of amides is 1. The van der Waals surface area contributed by atoms with Crippen LogP contribution in [0.3, 0.4) is 0 Å². The predicted molar refractivity (Wildman–Crippen MR) is 96.3 cm³/mol. The lowest BCUT2D eigenvalue weighted by Crippen LogP contribution is -2.25. The molecule has 0 radical (unpaired) electrons. The van der Waals surface area contributed by atoms with E-state index in [9.17, 15) is 4.79 Å². The molecule has 3 rings (SSSR count). The average Bonchev–Trinajstić information content (AvgIpc) is 3.10. The summed E-state index contributed by atoms with van der Waals surface area (Å²) < 4.78 is 0. The molecule has 2 atom stereocenters. The van der Waals surface area contributed by atoms with Gasteiger partial charge in [0.25, 0.3) is 0 Å². The highest BCUT2D eigenvalue weighted by Gasteiger charge is 2.28. The summed E-state index contributed by atoms with van der Waals surface area (Å²) >= 11 is 0. The quantitative estimate of drug-likeness (QED) is 0.884. The van der Waals surface area contributed by atoms with Crippen molar-refractivity contribution in [2.24, 2.45) is 11.7 Å². The highest BCUT2D eigenvalue weighted by atomic mass is 35.5. The van der Waals surface area contributed by atoms with Crippen molar-refractivity contribution in [3.8, 4) is 0 Å². The number of hydrogen-bond acceptors (Lipinski definition) is 3. The summed E-state index contributed by atoms with van der Waals surface area (Å²) in [5.41, 5.74) is 8.00. The number of benzene rings is 1. The van der Waals surface area contributed by atoms with Crippen LogP contribution in [0.1, 0.15) is 32.1 Å². The lowest BCUT2D eigenvalue weighted by atomic mass is 10.1. The topological polar surface area (TPSA) is 58.4 Å². The summed E-state index contributed by atoms with van der Waals surface area (Å²) in [4.78, 5) is 14.7. The third-order valence-corrected chi connectivity index (χ3v) is 4.45. The molecular formula is C16H25Cl2N3O. The molecule has 1 aromatic carbocycles. The Morgan fingerprint density at radius 1 is 1.14 bits per heavy atom. The molecule has 0 spiro atoms. The highest BCUT2D eigenvalue weighted by molar-refractivity contribution is 5.96. The van der Waals surface area contributed by atoms with Crippen molar-refractivity contribution in [3.63, 3.8) is 0 Å². The first-order chi connectivity index (χ1) is 9.74. The number of para-hydroxylation sites is 2. The van der Waals surface area contributed by atoms with Crippen molar-refractivity contribution < 1.29 is 4.79 Å². The Kier molecular flexibility index (Phi) is 7.46. The van der Waals surface area contributed by atoms with Crippen molar-refractivity contribution in [2.45, 2.75) is 38.1 Å². The summed E-state index contributed by atoms with van der Waals surface area (Å²) in [6, 6.07) is 8.31. The molecule has 1 heterocycles. The number of carbonyl (C=O) groups is 1. The van der Waals surface area contributed by atoms with E-state index in [1.54, 1.807) is 0 Å². The molecule has 1 saturated heterocycles. The number of nitrogens with two attached hydrogens (primary N) is 1. The molecule has 0 aromatic heterocycles. The molecule has 2 aliphatic rings. The monoisotopic (exact) mass is 345 g/mol. The smallest absolute Gasteiger partial charge is 0.227 e. The third-order valence-electron chi connectivity index (χ3n) is 4.45. The van der Waals surface area contributed by atoms with Crippen LogP contribution in [0, 0.1) is 5.92 Å².